The monoisotopic (exact) mass is 2020 g/mol. The Morgan fingerprint density at radius 1 is 0.356 bits per heavy atom. The summed E-state index contributed by atoms with van der Waals surface area (Å²) in [6, 6.07) is 75.6. The van der Waals surface area contributed by atoms with Gasteiger partial charge in [0.1, 0.15) is 42.2 Å². The van der Waals surface area contributed by atoms with Crippen molar-refractivity contribution in [3.63, 3.8) is 0 Å². The number of Topliss-reactive ketones (excluding diaryl/α,β-unsaturated/α-hetero) is 1. The number of benzene rings is 11. The fourth-order valence-electron chi connectivity index (χ4n) is 16.9. The fraction of sp³-hybridized carbons (Fsp3) is 0.168. The van der Waals surface area contributed by atoms with Crippen molar-refractivity contribution in [1.82, 2.24) is 64.8 Å². The minimum Gasteiger partial charge on any atom is -0.494 e. The van der Waals surface area contributed by atoms with Gasteiger partial charge in [0.05, 0.1) is 43.5 Å². The predicted molar refractivity (Wildman–Crippen MR) is 553 cm³/mol. The number of aliphatic hydroxyl groups is 1. The van der Waals surface area contributed by atoms with E-state index in [1.165, 1.54) is 106 Å². The quantitative estimate of drug-likeness (QED) is 0.00788. The maximum Gasteiger partial charge on any atom is 0.274 e. The van der Waals surface area contributed by atoms with Gasteiger partial charge in [-0.25, -0.2) is 45.6 Å². The molecule has 149 heavy (non-hydrogen) atoms. The Morgan fingerprint density at radius 2 is 0.765 bits per heavy atom. The SMILES string of the molecule is Cc1cccc(Cn2ccc3ccc(C(=O)NO)cc3c2=O)c1.O=C(CO)c1ccc2ccn(CCCOc3ccc(OCc4ccccc4)cc3)c(=O)c2c1.O=C(NO)c1ccc2ccn(C3CCCCCC3)c(=O)c2c1.O=C(NO)c1ccc2ccn(CCCc3ccncc3)c(=O)c2c1.O=C(NO)c1ccc2ccn(Cc3cc(F)cc(F)c3)c(=O)c2c1.O=C(NO)c1ccc2ncn(Cc3ccc(F)cc3)c(=O)c2c1. The van der Waals surface area contributed by atoms with Crippen molar-refractivity contribution in [2.45, 2.75) is 110 Å². The summed E-state index contributed by atoms with van der Waals surface area (Å²) in [5.41, 5.74) is 13.8. The van der Waals surface area contributed by atoms with Gasteiger partial charge >= 0.3 is 0 Å². The van der Waals surface area contributed by atoms with E-state index < -0.39 is 59.1 Å². The van der Waals surface area contributed by atoms with E-state index in [0.717, 1.165) is 112 Å². The molecule has 1 saturated carbocycles. The topological polar surface area (TPSA) is 460 Å². The highest BCUT2D eigenvalue weighted by atomic mass is 19.1. The molecule has 0 atom stereocenters. The Hall–Kier alpha value is -18.1. The number of ketones is 1. The summed E-state index contributed by atoms with van der Waals surface area (Å²) >= 11 is 0. The molecular weight excluding hydrogens is 1920 g/mol. The lowest BCUT2D eigenvalue weighted by Gasteiger charge is -2.18. The molecule has 18 aromatic rings. The largest absolute Gasteiger partial charge is 0.494 e. The highest BCUT2D eigenvalue weighted by Crippen LogP contribution is 2.29. The molecule has 11 N–H and O–H groups in total. The van der Waals surface area contributed by atoms with Crippen LogP contribution in [0.25, 0.3) is 64.8 Å². The molecule has 1 aliphatic carbocycles. The molecule has 760 valence electrons. The van der Waals surface area contributed by atoms with Gasteiger partial charge in [-0.3, -0.25) is 93.1 Å². The number of hydrogen-bond acceptors (Lipinski definition) is 22. The minimum atomic E-state index is -0.737. The molecule has 0 aliphatic heterocycles. The van der Waals surface area contributed by atoms with E-state index in [-0.39, 0.29) is 91.3 Å². The summed E-state index contributed by atoms with van der Waals surface area (Å²) in [7, 11) is 0. The number of nitrogens with zero attached hydrogens (tertiary/aromatic N) is 8. The van der Waals surface area contributed by atoms with Crippen LogP contribution in [0.3, 0.4) is 0 Å². The summed E-state index contributed by atoms with van der Waals surface area (Å²) < 4.78 is 60.4. The van der Waals surface area contributed by atoms with Gasteiger partial charge in [-0.05, 0) is 258 Å². The van der Waals surface area contributed by atoms with Crippen molar-refractivity contribution >= 4 is 100 Å². The van der Waals surface area contributed by atoms with Gasteiger partial charge in [-0.15, -0.1) is 0 Å². The van der Waals surface area contributed by atoms with Crippen LogP contribution < -0.4 is 70.2 Å². The van der Waals surface area contributed by atoms with Gasteiger partial charge in [0.25, 0.3) is 62.9 Å². The third-order valence-corrected chi connectivity index (χ3v) is 24.6. The summed E-state index contributed by atoms with van der Waals surface area (Å²) in [5, 5.41) is 58.7. The number of aliphatic hydroxyl groups excluding tert-OH is 1. The molecule has 7 heterocycles. The third-order valence-electron chi connectivity index (χ3n) is 24.6. The molecule has 0 bridgehead atoms. The first-order chi connectivity index (χ1) is 72.2. The molecule has 0 saturated heterocycles. The van der Waals surface area contributed by atoms with Crippen LogP contribution >= 0.6 is 0 Å². The Balaban J connectivity index is 0.000000142. The smallest absolute Gasteiger partial charge is 0.274 e. The molecule has 11 aromatic carbocycles. The molecule has 1 fully saturated rings. The number of rotatable bonds is 26. The number of hydroxylamine groups is 5. The number of aromatic nitrogens is 8. The summed E-state index contributed by atoms with van der Waals surface area (Å²) in [4.78, 5) is 153. The minimum absolute atomic E-state index is 0.0140. The second kappa shape index (κ2) is 51.4. The van der Waals surface area contributed by atoms with Gasteiger partial charge in [-0.1, -0.05) is 134 Å². The van der Waals surface area contributed by atoms with Crippen molar-refractivity contribution in [2.75, 3.05) is 13.2 Å². The van der Waals surface area contributed by atoms with Crippen LogP contribution in [0.2, 0.25) is 0 Å². The number of ether oxygens (including phenoxy) is 2. The molecule has 1 aliphatic rings. The van der Waals surface area contributed by atoms with Crippen LogP contribution in [-0.4, -0.2) is 117 Å². The van der Waals surface area contributed by atoms with Crippen molar-refractivity contribution in [2.24, 2.45) is 0 Å². The van der Waals surface area contributed by atoms with E-state index in [0.29, 0.717) is 82.8 Å². The van der Waals surface area contributed by atoms with Crippen molar-refractivity contribution in [1.29, 1.82) is 0 Å². The van der Waals surface area contributed by atoms with E-state index in [4.69, 9.17) is 40.6 Å². The van der Waals surface area contributed by atoms with E-state index in [2.05, 4.69) is 9.97 Å². The van der Waals surface area contributed by atoms with Gasteiger partial charge < -0.3 is 37.4 Å². The summed E-state index contributed by atoms with van der Waals surface area (Å²) in [6.07, 6.45) is 22.7. The van der Waals surface area contributed by atoms with Gasteiger partial charge in [0.2, 0.25) is 0 Å². The molecule has 0 spiro atoms. The van der Waals surface area contributed by atoms with E-state index >= 15 is 0 Å². The highest BCUT2D eigenvalue weighted by Gasteiger charge is 2.21. The number of carbonyl (C=O) groups excluding carboxylic acids is 6. The zero-order valence-corrected chi connectivity index (χ0v) is 80.3. The lowest BCUT2D eigenvalue weighted by atomic mass is 10.1. The first-order valence-electron chi connectivity index (χ1n) is 47.2. The van der Waals surface area contributed by atoms with Crippen molar-refractivity contribution in [3.05, 3.63) is 469 Å². The number of hydrogen-bond donors (Lipinski definition) is 11. The second-order valence-electron chi connectivity index (χ2n) is 34.8. The molecule has 0 unspecified atom stereocenters. The fourth-order valence-corrected chi connectivity index (χ4v) is 16.9. The van der Waals surface area contributed by atoms with Gasteiger partial charge in [-0.2, -0.15) is 0 Å². The molecule has 36 heteroatoms. The Morgan fingerprint density at radius 3 is 1.25 bits per heavy atom. The number of fused-ring (bicyclic) bond motifs is 6. The Kier molecular flexibility index (Phi) is 36.8. The van der Waals surface area contributed by atoms with Crippen LogP contribution in [0.4, 0.5) is 13.2 Å². The van der Waals surface area contributed by atoms with E-state index in [1.807, 2.05) is 133 Å². The molecule has 7 aromatic heterocycles. The normalized spacial score (nSPS) is 11.6. The summed E-state index contributed by atoms with van der Waals surface area (Å²) in [5.74, 6) is -4.02. The average molecular weight is 2020 g/mol. The predicted octanol–water partition coefficient (Wildman–Crippen LogP) is 16.0. The van der Waals surface area contributed by atoms with Crippen molar-refractivity contribution < 1.29 is 82.6 Å². The second-order valence-corrected chi connectivity index (χ2v) is 34.8. The molecule has 33 nitrogen and oxygen atoms in total. The van der Waals surface area contributed by atoms with Crippen molar-refractivity contribution in [3.8, 4) is 11.5 Å². The maximum absolute atomic E-state index is 13.3. The lowest BCUT2D eigenvalue weighted by molar-refractivity contribution is 0.0702. The third kappa shape index (κ3) is 28.1. The number of amides is 5. The average Bonchev–Trinajstić information content (AvgIpc) is 1.21. The molecule has 0 radical (unpaired) electrons. The van der Waals surface area contributed by atoms with Crippen LogP contribution in [0.5, 0.6) is 11.5 Å². The Bertz CT molecular complexity index is 8290. The first kappa shape index (κ1) is 107. The molecular formula is C113H102F3N13O20. The molecule has 5 amide bonds. The number of pyridine rings is 6. The van der Waals surface area contributed by atoms with Crippen LogP contribution in [0.1, 0.15) is 153 Å². The zero-order valence-electron chi connectivity index (χ0n) is 80.3. The van der Waals surface area contributed by atoms with Crippen LogP contribution in [-0.2, 0) is 45.8 Å². The Labute approximate surface area is 846 Å². The van der Waals surface area contributed by atoms with Gasteiger partial charge in [0.15, 0.2) is 5.78 Å². The number of nitrogens with one attached hydrogen (secondary N) is 5. The van der Waals surface area contributed by atoms with Crippen LogP contribution in [0, 0.1) is 24.4 Å². The van der Waals surface area contributed by atoms with E-state index in [9.17, 15) is 70.7 Å². The zero-order chi connectivity index (χ0) is 106. The summed E-state index contributed by atoms with van der Waals surface area (Å²) in [6.45, 7) is 4.16. The number of halogens is 3. The first-order valence-corrected chi connectivity index (χ1v) is 47.2. The van der Waals surface area contributed by atoms with E-state index in [1.54, 1.807) is 146 Å². The number of carbonyl (C=O) groups is 6. The van der Waals surface area contributed by atoms with Gasteiger partial charge in [0, 0.05) is 129 Å². The standard InChI is InChI=1S/C27H25NO5.C18H17N3O3.C18H16N2O3.C17H12F2N2O3.C17H20N2O3.C16H12FN3O3/c29-18-26(30)22-8-7-21-13-15-28(27(31)25(21)17-22)14-4-16-32-23-9-11-24(12-10-23)33-19-20-5-2-1-3-6-20;22-17(20-24)15-4-3-14-7-11-21(18(23)16(14)12-15)10-1-2-13-5-8-19-9-6-13;1-12-3-2-4-13(9-12)11-20-8-7-14-5-6-15(17(21)19-23)10-16(14)18(20)22;18-13-5-10(6-14(19)8-13)9-21-4-3-11-1-2-12(16(22)20-24)7-15(11)17(21)23;20-16(18-22)13-8-7-12-9-10-19(17(21)15(12)11-13)14-5-3-1-2-4-6-14;17-12-4-1-10(2-5-12)8-20-9-18-14-6-3-11(15(21)19-23)7-13(14)16(20)22/h1-3,5-13,15,17,29H,4,14,16,18-19H2;3-9,11-12,24H,1-2,10H2,(H,20,22);2-10,23H,11H2,1H3,(H,19,21);1-8,24H,9H2,(H,20,22);7-11,14,22H,1-6H2,(H,18,20);1-7,9,23H,8H2,(H,19,21). The maximum atomic E-state index is 13.3. The van der Waals surface area contributed by atoms with Crippen LogP contribution in [0.15, 0.2) is 351 Å². The molecule has 19 rings (SSSR count). The highest BCUT2D eigenvalue weighted by molar-refractivity contribution is 6.02. The lowest BCUT2D eigenvalue weighted by Crippen LogP contribution is -2.25. The number of aryl methyl sites for hydroxylation is 4.